The molecular weight excluding hydrogens is 280 g/mol. The van der Waals surface area contributed by atoms with E-state index < -0.39 is 12.0 Å². The van der Waals surface area contributed by atoms with Crippen molar-refractivity contribution in [3.05, 3.63) is 35.8 Å². The average molecular weight is 298 g/mol. The summed E-state index contributed by atoms with van der Waals surface area (Å²) in [7, 11) is 0. The Labute approximate surface area is 128 Å². The molecule has 1 N–H and O–H groups in total. The molecule has 2 aromatic rings. The van der Waals surface area contributed by atoms with Gasteiger partial charge in [-0.1, -0.05) is 6.07 Å². The van der Waals surface area contributed by atoms with Crippen LogP contribution in [0.3, 0.4) is 0 Å². The summed E-state index contributed by atoms with van der Waals surface area (Å²) in [5, 5.41) is 18.8. The van der Waals surface area contributed by atoms with E-state index in [9.17, 15) is 10.1 Å². The van der Waals surface area contributed by atoms with Crippen molar-refractivity contribution in [1.29, 1.82) is 5.26 Å². The van der Waals surface area contributed by atoms with Gasteiger partial charge in [0.1, 0.15) is 11.7 Å². The van der Waals surface area contributed by atoms with Gasteiger partial charge in [0.05, 0.1) is 23.4 Å². The zero-order valence-corrected chi connectivity index (χ0v) is 12.4. The van der Waals surface area contributed by atoms with E-state index in [2.05, 4.69) is 16.0 Å². The lowest BCUT2D eigenvalue weighted by atomic mass is 9.95. The van der Waals surface area contributed by atoms with Crippen LogP contribution in [0.5, 0.6) is 0 Å². The van der Waals surface area contributed by atoms with Crippen LogP contribution in [0, 0.1) is 24.2 Å². The van der Waals surface area contributed by atoms with Crippen molar-refractivity contribution in [2.45, 2.75) is 25.8 Å². The molecule has 1 unspecified atom stereocenters. The first-order valence-corrected chi connectivity index (χ1v) is 7.42. The van der Waals surface area contributed by atoms with E-state index in [-0.39, 0.29) is 5.92 Å². The van der Waals surface area contributed by atoms with Gasteiger partial charge in [-0.3, -0.25) is 9.69 Å². The van der Waals surface area contributed by atoms with Gasteiger partial charge < -0.3 is 9.51 Å². The third kappa shape index (κ3) is 2.44. The summed E-state index contributed by atoms with van der Waals surface area (Å²) in [5.41, 5.74) is 2.56. The maximum absolute atomic E-state index is 11.1. The van der Waals surface area contributed by atoms with Crippen LogP contribution in [0.2, 0.25) is 0 Å². The van der Waals surface area contributed by atoms with Crippen molar-refractivity contribution in [3.8, 4) is 6.07 Å². The number of piperidine rings is 1. The van der Waals surface area contributed by atoms with Crippen LogP contribution in [0.4, 0.5) is 0 Å². The molecular formula is C16H18N4O2. The third-order valence-electron chi connectivity index (χ3n) is 4.38. The summed E-state index contributed by atoms with van der Waals surface area (Å²) in [5.74, 6) is -1.03. The molecule has 1 fully saturated rings. The molecule has 0 aromatic carbocycles. The standard InChI is InChI=1S/C16H18N4O2/c1-11-15(20-7-3-2-4-14(20)18-11)13(10-17)19-8-5-12(6-9-19)16(21)22/h2-4,7,12-13H,5-6,8-9H2,1H3,(H,21,22). The number of carboxylic acid groups (broad SMARTS) is 1. The predicted molar refractivity (Wildman–Crippen MR) is 80.2 cm³/mol. The highest BCUT2D eigenvalue weighted by Gasteiger charge is 2.31. The minimum atomic E-state index is -0.737. The molecule has 6 nitrogen and oxygen atoms in total. The zero-order chi connectivity index (χ0) is 15.7. The number of fused-ring (bicyclic) bond motifs is 1. The molecule has 114 valence electrons. The van der Waals surface area contributed by atoms with Gasteiger partial charge in [-0.2, -0.15) is 5.26 Å². The van der Waals surface area contributed by atoms with Gasteiger partial charge in [-0.05, 0) is 31.9 Å². The van der Waals surface area contributed by atoms with Gasteiger partial charge in [0.25, 0.3) is 0 Å². The number of carbonyl (C=O) groups is 1. The summed E-state index contributed by atoms with van der Waals surface area (Å²) in [6.45, 7) is 3.15. The molecule has 2 aromatic heterocycles. The van der Waals surface area contributed by atoms with Crippen molar-refractivity contribution in [2.75, 3.05) is 13.1 Å². The van der Waals surface area contributed by atoms with Gasteiger partial charge >= 0.3 is 5.97 Å². The quantitative estimate of drug-likeness (QED) is 0.937. The molecule has 3 heterocycles. The van der Waals surface area contributed by atoms with Crippen LogP contribution < -0.4 is 0 Å². The Bertz CT molecular complexity index is 738. The van der Waals surface area contributed by atoms with Gasteiger partial charge in [-0.25, -0.2) is 4.98 Å². The van der Waals surface area contributed by atoms with Crippen molar-refractivity contribution in [3.63, 3.8) is 0 Å². The SMILES string of the molecule is Cc1nc2ccccn2c1C(C#N)N1CCC(C(=O)O)CC1. The Morgan fingerprint density at radius 3 is 2.82 bits per heavy atom. The molecule has 1 aliphatic rings. The maximum Gasteiger partial charge on any atom is 0.306 e. The van der Waals surface area contributed by atoms with Crippen LogP contribution >= 0.6 is 0 Å². The lowest BCUT2D eigenvalue weighted by molar-refractivity contribution is -0.143. The van der Waals surface area contributed by atoms with Crippen LogP contribution in [0.25, 0.3) is 5.65 Å². The topological polar surface area (TPSA) is 81.6 Å². The molecule has 0 spiro atoms. The lowest BCUT2D eigenvalue weighted by Crippen LogP contribution is -2.38. The second kappa shape index (κ2) is 5.78. The number of imidazole rings is 1. The van der Waals surface area contributed by atoms with Gasteiger partial charge in [0.2, 0.25) is 0 Å². The maximum atomic E-state index is 11.1. The van der Waals surface area contributed by atoms with Crippen molar-refractivity contribution >= 4 is 11.6 Å². The Kier molecular flexibility index (Phi) is 3.82. The molecule has 0 aliphatic carbocycles. The molecule has 3 rings (SSSR count). The molecule has 0 bridgehead atoms. The Hall–Kier alpha value is -2.39. The fraction of sp³-hybridized carbons (Fsp3) is 0.438. The second-order valence-electron chi connectivity index (χ2n) is 5.69. The number of pyridine rings is 1. The van der Waals surface area contributed by atoms with Crippen molar-refractivity contribution < 1.29 is 9.90 Å². The monoisotopic (exact) mass is 298 g/mol. The van der Waals surface area contributed by atoms with E-state index in [0.717, 1.165) is 17.0 Å². The predicted octanol–water partition coefficient (Wildman–Crippen LogP) is 2.00. The first-order chi connectivity index (χ1) is 10.6. The number of nitriles is 1. The lowest BCUT2D eigenvalue weighted by Gasteiger charge is -2.33. The number of carboxylic acids is 1. The first kappa shape index (κ1) is 14.5. The molecule has 1 saturated heterocycles. The molecule has 0 radical (unpaired) electrons. The summed E-state index contributed by atoms with van der Waals surface area (Å²) in [6.07, 6.45) is 3.09. The molecule has 1 atom stereocenters. The highest BCUT2D eigenvalue weighted by Crippen LogP contribution is 2.29. The Balaban J connectivity index is 1.90. The smallest absolute Gasteiger partial charge is 0.306 e. The van der Waals surface area contributed by atoms with Crippen molar-refractivity contribution in [2.24, 2.45) is 5.92 Å². The highest BCUT2D eigenvalue weighted by molar-refractivity contribution is 5.70. The largest absolute Gasteiger partial charge is 0.481 e. The summed E-state index contributed by atoms with van der Waals surface area (Å²) < 4.78 is 1.95. The van der Waals surface area contributed by atoms with E-state index >= 15 is 0 Å². The van der Waals surface area contributed by atoms with E-state index in [4.69, 9.17) is 5.11 Å². The summed E-state index contributed by atoms with van der Waals surface area (Å²) >= 11 is 0. The van der Waals surface area contributed by atoms with Crippen molar-refractivity contribution in [1.82, 2.24) is 14.3 Å². The number of aromatic nitrogens is 2. The van der Waals surface area contributed by atoms with E-state index in [1.54, 1.807) is 0 Å². The molecule has 6 heteroatoms. The first-order valence-electron chi connectivity index (χ1n) is 7.42. The second-order valence-corrected chi connectivity index (χ2v) is 5.69. The highest BCUT2D eigenvalue weighted by atomic mass is 16.4. The molecule has 0 amide bonds. The van der Waals surface area contributed by atoms with E-state index in [1.165, 1.54) is 0 Å². The fourth-order valence-corrected chi connectivity index (χ4v) is 3.18. The average Bonchev–Trinajstić information content (AvgIpc) is 2.85. The van der Waals surface area contributed by atoms with E-state index in [0.29, 0.717) is 25.9 Å². The Morgan fingerprint density at radius 1 is 1.45 bits per heavy atom. The zero-order valence-electron chi connectivity index (χ0n) is 12.4. The van der Waals surface area contributed by atoms with E-state index in [1.807, 2.05) is 35.7 Å². The minimum Gasteiger partial charge on any atom is -0.481 e. The minimum absolute atomic E-state index is 0.293. The number of nitrogens with zero attached hydrogens (tertiary/aromatic N) is 4. The fourth-order valence-electron chi connectivity index (χ4n) is 3.18. The number of aliphatic carboxylic acids is 1. The van der Waals surface area contributed by atoms with Crippen LogP contribution in [0.1, 0.15) is 30.3 Å². The van der Waals surface area contributed by atoms with Crippen LogP contribution in [0.15, 0.2) is 24.4 Å². The van der Waals surface area contributed by atoms with Gasteiger partial charge in [-0.15, -0.1) is 0 Å². The number of aryl methyl sites for hydroxylation is 1. The third-order valence-corrected chi connectivity index (χ3v) is 4.38. The summed E-state index contributed by atoms with van der Waals surface area (Å²) in [6, 6.07) is 7.73. The van der Waals surface area contributed by atoms with Crippen LogP contribution in [-0.4, -0.2) is 38.4 Å². The molecule has 22 heavy (non-hydrogen) atoms. The summed E-state index contributed by atoms with van der Waals surface area (Å²) in [4.78, 5) is 17.6. The number of hydrogen-bond acceptors (Lipinski definition) is 4. The molecule has 0 saturated carbocycles. The number of rotatable bonds is 3. The van der Waals surface area contributed by atoms with Crippen LogP contribution in [-0.2, 0) is 4.79 Å². The van der Waals surface area contributed by atoms with Gasteiger partial charge in [0.15, 0.2) is 0 Å². The normalized spacial score (nSPS) is 18.2. The number of likely N-dealkylation sites (tertiary alicyclic amines) is 1. The number of hydrogen-bond donors (Lipinski definition) is 1. The Morgan fingerprint density at radius 2 is 2.18 bits per heavy atom. The molecule has 1 aliphatic heterocycles. The van der Waals surface area contributed by atoms with Gasteiger partial charge in [0, 0.05) is 19.3 Å².